The van der Waals surface area contributed by atoms with Gasteiger partial charge in [0.1, 0.15) is 0 Å². The molecule has 0 amide bonds. The van der Waals surface area contributed by atoms with E-state index >= 15 is 0 Å². The maximum atomic E-state index is 12.1. The normalized spacial score (nSPS) is 14.9. The van der Waals surface area contributed by atoms with Crippen LogP contribution in [0.1, 0.15) is 33.6 Å². The van der Waals surface area contributed by atoms with Crippen LogP contribution in [0.4, 0.5) is 13.2 Å². The first kappa shape index (κ1) is 19.1. The van der Waals surface area contributed by atoms with Crippen molar-refractivity contribution in [3.05, 3.63) is 0 Å². The Hall–Kier alpha value is -0.920. The zero-order valence-corrected chi connectivity index (χ0v) is 12.4. The number of carbonyl (C=O) groups excluding carboxylic acids is 1. The van der Waals surface area contributed by atoms with Crippen molar-refractivity contribution in [2.45, 2.75) is 39.1 Å². The molecule has 0 fully saturated rings. The Morgan fingerprint density at radius 2 is 1.85 bits per heavy atom. The maximum absolute atomic E-state index is 12.1. The number of carboxylic acid groups (broad SMARTS) is 1. The van der Waals surface area contributed by atoms with Crippen molar-refractivity contribution < 1.29 is 32.6 Å². The second-order valence-electron chi connectivity index (χ2n) is 4.75. The van der Waals surface area contributed by atoms with Crippen LogP contribution in [0.3, 0.4) is 0 Å². The number of ether oxygens (including phenoxy) is 1. The molecule has 0 aliphatic rings. The molecule has 0 saturated heterocycles. The van der Waals surface area contributed by atoms with Crippen LogP contribution in [0.25, 0.3) is 0 Å². The Morgan fingerprint density at radius 3 is 2.20 bits per heavy atom. The average molecular weight is 316 g/mol. The first-order valence-electron chi connectivity index (χ1n) is 6.16. The fourth-order valence-corrected chi connectivity index (χ4v) is 2.56. The summed E-state index contributed by atoms with van der Waals surface area (Å²) in [5.41, 5.74) is -6.36. The van der Waals surface area contributed by atoms with Crippen molar-refractivity contribution >= 4 is 23.7 Å². The number of carboxylic acids is 1. The molecule has 0 aromatic carbocycles. The maximum Gasteiger partial charge on any atom is 0.441 e. The molecule has 8 heteroatoms. The zero-order chi connectivity index (χ0) is 16.0. The second kappa shape index (κ2) is 7.75. The van der Waals surface area contributed by atoms with E-state index in [1.165, 1.54) is 6.92 Å². The molecule has 0 radical (unpaired) electrons. The largest absolute Gasteiger partial charge is 0.480 e. The second-order valence-corrected chi connectivity index (χ2v) is 5.91. The van der Waals surface area contributed by atoms with Crippen LogP contribution in [0.15, 0.2) is 0 Å². The lowest BCUT2D eigenvalue weighted by atomic mass is 9.78. The summed E-state index contributed by atoms with van der Waals surface area (Å²) >= 11 is -0.331. The third-order valence-corrected chi connectivity index (χ3v) is 3.36. The Kier molecular flexibility index (Phi) is 7.40. The molecule has 1 N–H and O–H groups in total. The van der Waals surface area contributed by atoms with E-state index in [0.29, 0.717) is 0 Å². The molecule has 0 aliphatic heterocycles. The van der Waals surface area contributed by atoms with Crippen molar-refractivity contribution in [2.24, 2.45) is 11.3 Å². The highest BCUT2D eigenvalue weighted by Crippen LogP contribution is 2.38. The minimum Gasteiger partial charge on any atom is -0.480 e. The third kappa shape index (κ3) is 6.02. The van der Waals surface area contributed by atoms with Crippen LogP contribution >= 0.6 is 11.8 Å². The Bertz CT molecular complexity index is 344. The van der Waals surface area contributed by atoms with E-state index in [1.807, 2.05) is 0 Å². The molecule has 0 bridgehead atoms. The van der Waals surface area contributed by atoms with Crippen molar-refractivity contribution in [1.29, 1.82) is 0 Å². The number of rotatable bonds is 8. The van der Waals surface area contributed by atoms with Gasteiger partial charge in [0.25, 0.3) is 0 Å². The SMILES string of the molecule is CCOC(=O)C(CCSC(F)(F)F)(CC(C)C)C(=O)O. The molecule has 4 nitrogen and oxygen atoms in total. The molecule has 0 aromatic heterocycles. The molecule has 118 valence electrons. The van der Waals surface area contributed by atoms with Crippen LogP contribution in [-0.2, 0) is 14.3 Å². The highest BCUT2D eigenvalue weighted by Gasteiger charge is 2.48. The number of halogens is 3. The quantitative estimate of drug-likeness (QED) is 0.550. The molecule has 20 heavy (non-hydrogen) atoms. The molecule has 0 saturated carbocycles. The van der Waals surface area contributed by atoms with E-state index < -0.39 is 35.0 Å². The molecule has 0 rings (SSSR count). The monoisotopic (exact) mass is 316 g/mol. The van der Waals surface area contributed by atoms with Crippen molar-refractivity contribution in [1.82, 2.24) is 0 Å². The molecular formula is C12H19F3O4S. The number of alkyl halides is 3. The average Bonchev–Trinajstić information content (AvgIpc) is 2.25. The molecule has 0 spiro atoms. The summed E-state index contributed by atoms with van der Waals surface area (Å²) in [5, 5.41) is 9.31. The van der Waals surface area contributed by atoms with E-state index in [2.05, 4.69) is 0 Å². The number of hydrogen-bond donors (Lipinski definition) is 1. The summed E-state index contributed by atoms with van der Waals surface area (Å²) in [4.78, 5) is 23.3. The Balaban J connectivity index is 5.09. The van der Waals surface area contributed by atoms with E-state index in [0.717, 1.165) is 0 Å². The van der Waals surface area contributed by atoms with Gasteiger partial charge in [0.2, 0.25) is 0 Å². The zero-order valence-electron chi connectivity index (χ0n) is 11.6. The molecule has 0 aliphatic carbocycles. The first-order valence-corrected chi connectivity index (χ1v) is 7.15. The van der Waals surface area contributed by atoms with Crippen LogP contribution in [0.2, 0.25) is 0 Å². The number of carbonyl (C=O) groups is 2. The van der Waals surface area contributed by atoms with Gasteiger partial charge >= 0.3 is 17.4 Å². The van der Waals surface area contributed by atoms with E-state index in [-0.39, 0.29) is 30.7 Å². The van der Waals surface area contributed by atoms with E-state index in [1.54, 1.807) is 13.8 Å². The molecule has 0 heterocycles. The highest BCUT2D eigenvalue weighted by molar-refractivity contribution is 8.00. The van der Waals surface area contributed by atoms with Gasteiger partial charge in [-0.1, -0.05) is 25.6 Å². The number of hydrogen-bond acceptors (Lipinski definition) is 4. The van der Waals surface area contributed by atoms with Crippen molar-refractivity contribution in [2.75, 3.05) is 12.4 Å². The summed E-state index contributed by atoms with van der Waals surface area (Å²) in [7, 11) is 0. The minimum atomic E-state index is -4.45. The van der Waals surface area contributed by atoms with E-state index in [9.17, 15) is 27.9 Å². The predicted molar refractivity (Wildman–Crippen MR) is 69.3 cm³/mol. The fourth-order valence-electron chi connectivity index (χ4n) is 1.88. The third-order valence-electron chi connectivity index (χ3n) is 2.63. The molecule has 1 unspecified atom stereocenters. The van der Waals surface area contributed by atoms with Gasteiger partial charge in [0.05, 0.1) is 6.61 Å². The van der Waals surface area contributed by atoms with Gasteiger partial charge in [-0.3, -0.25) is 9.59 Å². The van der Waals surface area contributed by atoms with Gasteiger partial charge in [-0.2, -0.15) is 13.2 Å². The lowest BCUT2D eigenvalue weighted by Gasteiger charge is -2.28. The smallest absolute Gasteiger partial charge is 0.441 e. The molecular weight excluding hydrogens is 297 g/mol. The van der Waals surface area contributed by atoms with Gasteiger partial charge in [-0.05, 0) is 25.7 Å². The summed E-state index contributed by atoms with van der Waals surface area (Å²) in [6, 6.07) is 0. The number of aliphatic carboxylic acids is 1. The summed E-state index contributed by atoms with van der Waals surface area (Å²) in [6.45, 7) is 4.91. The first-order chi connectivity index (χ1) is 9.05. The number of thioether (sulfide) groups is 1. The van der Waals surface area contributed by atoms with Crippen LogP contribution in [-0.4, -0.2) is 34.9 Å². The lowest BCUT2D eigenvalue weighted by Crippen LogP contribution is -2.42. The molecule has 0 aromatic rings. The van der Waals surface area contributed by atoms with E-state index in [4.69, 9.17) is 4.74 Å². The van der Waals surface area contributed by atoms with Gasteiger partial charge in [0, 0.05) is 5.75 Å². The number of esters is 1. The van der Waals surface area contributed by atoms with Crippen LogP contribution in [0, 0.1) is 11.3 Å². The summed E-state index contributed by atoms with van der Waals surface area (Å²) in [5.74, 6) is -3.07. The summed E-state index contributed by atoms with van der Waals surface area (Å²) < 4.78 is 41.2. The van der Waals surface area contributed by atoms with Gasteiger partial charge in [0.15, 0.2) is 5.41 Å². The topological polar surface area (TPSA) is 63.6 Å². The van der Waals surface area contributed by atoms with Gasteiger partial charge in [-0.25, -0.2) is 0 Å². The lowest BCUT2D eigenvalue weighted by molar-refractivity contribution is -0.170. The summed E-state index contributed by atoms with van der Waals surface area (Å²) in [6.07, 6.45) is -0.469. The standard InChI is InChI=1S/C12H19F3O4S/c1-4-19-10(18)11(9(16)17,7-8(2)3)5-6-20-12(13,14)15/h8H,4-7H2,1-3H3,(H,16,17). The van der Waals surface area contributed by atoms with Gasteiger partial charge in [-0.15, -0.1) is 0 Å². The minimum absolute atomic E-state index is 0.0155. The Labute approximate surface area is 120 Å². The fraction of sp³-hybridized carbons (Fsp3) is 0.833. The van der Waals surface area contributed by atoms with Crippen molar-refractivity contribution in [3.63, 3.8) is 0 Å². The van der Waals surface area contributed by atoms with Crippen LogP contribution < -0.4 is 0 Å². The van der Waals surface area contributed by atoms with Crippen LogP contribution in [0.5, 0.6) is 0 Å². The molecule has 1 atom stereocenters. The van der Waals surface area contributed by atoms with Gasteiger partial charge < -0.3 is 9.84 Å². The highest BCUT2D eigenvalue weighted by atomic mass is 32.2. The predicted octanol–water partition coefficient (Wildman–Crippen LogP) is 3.31. The van der Waals surface area contributed by atoms with Crippen molar-refractivity contribution in [3.8, 4) is 0 Å². The Morgan fingerprint density at radius 1 is 1.30 bits per heavy atom.